The Morgan fingerprint density at radius 2 is 1.72 bits per heavy atom. The van der Waals surface area contributed by atoms with Crippen LogP contribution >= 0.6 is 0 Å². The van der Waals surface area contributed by atoms with E-state index in [-0.39, 0.29) is 0 Å². The second-order valence-electron chi connectivity index (χ2n) is 7.30. The number of methoxy groups -OCH3 is 1. The standard InChI is InChI=1S/C25H19N3O/c1-29-17-12-10-16(11-13-17)18-14-15-28-22-9-5-4-8-21(22)27-25(28)23-19-6-2-3-7-20(19)26-24(18)23/h2-14,26H,15H2,1H3. The number of imidazole rings is 1. The minimum Gasteiger partial charge on any atom is -0.497 e. The summed E-state index contributed by atoms with van der Waals surface area (Å²) in [7, 11) is 1.69. The van der Waals surface area contributed by atoms with Crippen molar-refractivity contribution in [1.29, 1.82) is 0 Å². The fourth-order valence-corrected chi connectivity index (χ4v) is 4.34. The Morgan fingerprint density at radius 3 is 2.59 bits per heavy atom. The highest BCUT2D eigenvalue weighted by Crippen LogP contribution is 2.41. The molecule has 0 unspecified atom stereocenters. The van der Waals surface area contributed by atoms with Crippen LogP contribution in [0.2, 0.25) is 0 Å². The second-order valence-corrected chi connectivity index (χ2v) is 7.30. The topological polar surface area (TPSA) is 42.8 Å². The molecule has 140 valence electrons. The highest BCUT2D eigenvalue weighted by molar-refractivity contribution is 6.04. The van der Waals surface area contributed by atoms with Crippen LogP contribution in [-0.4, -0.2) is 21.6 Å². The zero-order chi connectivity index (χ0) is 19.4. The van der Waals surface area contributed by atoms with Crippen LogP contribution in [0, 0.1) is 0 Å². The Morgan fingerprint density at radius 1 is 0.931 bits per heavy atom. The molecule has 29 heavy (non-hydrogen) atoms. The minimum atomic E-state index is 0.772. The zero-order valence-electron chi connectivity index (χ0n) is 16.0. The van der Waals surface area contributed by atoms with E-state index in [4.69, 9.17) is 9.72 Å². The lowest BCUT2D eigenvalue weighted by atomic mass is 9.98. The Balaban J connectivity index is 1.67. The summed E-state index contributed by atoms with van der Waals surface area (Å²) in [6.07, 6.45) is 2.29. The number of ether oxygens (including phenoxy) is 1. The highest BCUT2D eigenvalue weighted by Gasteiger charge is 2.25. The summed E-state index contributed by atoms with van der Waals surface area (Å²) in [6, 6.07) is 25.1. The lowest BCUT2D eigenvalue weighted by Crippen LogP contribution is -1.96. The third-order valence-corrected chi connectivity index (χ3v) is 5.73. The first-order valence-corrected chi connectivity index (χ1v) is 9.75. The van der Waals surface area contributed by atoms with Gasteiger partial charge in [0, 0.05) is 23.0 Å². The van der Waals surface area contributed by atoms with Gasteiger partial charge in [-0.05, 0) is 35.9 Å². The van der Waals surface area contributed by atoms with Gasteiger partial charge in [0.05, 0.1) is 29.4 Å². The molecule has 6 rings (SSSR count). The molecule has 4 heteroatoms. The molecule has 0 saturated heterocycles. The van der Waals surface area contributed by atoms with Crippen molar-refractivity contribution < 1.29 is 4.74 Å². The van der Waals surface area contributed by atoms with Crippen LogP contribution in [-0.2, 0) is 6.54 Å². The van der Waals surface area contributed by atoms with Crippen LogP contribution < -0.4 is 4.74 Å². The molecule has 2 aromatic heterocycles. The van der Waals surface area contributed by atoms with Gasteiger partial charge in [-0.1, -0.05) is 48.5 Å². The molecule has 1 aliphatic heterocycles. The van der Waals surface area contributed by atoms with Crippen LogP contribution in [0.1, 0.15) is 11.3 Å². The van der Waals surface area contributed by atoms with E-state index in [0.717, 1.165) is 51.5 Å². The number of aromatic amines is 1. The van der Waals surface area contributed by atoms with Crippen LogP contribution in [0.4, 0.5) is 0 Å². The van der Waals surface area contributed by atoms with Gasteiger partial charge in [-0.2, -0.15) is 0 Å². The van der Waals surface area contributed by atoms with Gasteiger partial charge >= 0.3 is 0 Å². The minimum absolute atomic E-state index is 0.772. The molecule has 0 spiro atoms. The van der Waals surface area contributed by atoms with Crippen molar-refractivity contribution in [3.63, 3.8) is 0 Å². The second kappa shape index (κ2) is 6.11. The van der Waals surface area contributed by atoms with Gasteiger partial charge < -0.3 is 14.3 Å². The molecule has 3 heterocycles. The van der Waals surface area contributed by atoms with Crippen molar-refractivity contribution in [2.75, 3.05) is 7.11 Å². The summed E-state index contributed by atoms with van der Waals surface area (Å²) in [6.45, 7) is 0.772. The number of H-pyrrole nitrogens is 1. The predicted octanol–water partition coefficient (Wildman–Crippen LogP) is 5.64. The number of rotatable bonds is 2. The fourth-order valence-electron chi connectivity index (χ4n) is 4.34. The fraction of sp³-hybridized carbons (Fsp3) is 0.0800. The van der Waals surface area contributed by atoms with Crippen molar-refractivity contribution in [2.45, 2.75) is 6.54 Å². The van der Waals surface area contributed by atoms with Gasteiger partial charge in [-0.25, -0.2) is 4.98 Å². The number of nitrogens with zero attached hydrogens (tertiary/aromatic N) is 2. The number of nitrogens with one attached hydrogen (secondary N) is 1. The summed E-state index contributed by atoms with van der Waals surface area (Å²) in [5.41, 5.74) is 7.94. The molecular weight excluding hydrogens is 358 g/mol. The number of allylic oxidation sites excluding steroid dienone is 1. The van der Waals surface area contributed by atoms with E-state index in [2.05, 4.69) is 70.2 Å². The van der Waals surface area contributed by atoms with E-state index in [1.807, 2.05) is 18.2 Å². The molecule has 3 aromatic carbocycles. The zero-order valence-corrected chi connectivity index (χ0v) is 16.0. The summed E-state index contributed by atoms with van der Waals surface area (Å²) in [5, 5.41) is 1.19. The first-order chi connectivity index (χ1) is 14.3. The third kappa shape index (κ3) is 2.36. The largest absolute Gasteiger partial charge is 0.497 e. The third-order valence-electron chi connectivity index (χ3n) is 5.73. The summed E-state index contributed by atoms with van der Waals surface area (Å²) in [4.78, 5) is 8.69. The van der Waals surface area contributed by atoms with Crippen molar-refractivity contribution in [1.82, 2.24) is 14.5 Å². The molecule has 0 radical (unpaired) electrons. The quantitative estimate of drug-likeness (QED) is 0.433. The molecule has 4 nitrogen and oxygen atoms in total. The molecule has 0 amide bonds. The van der Waals surface area contributed by atoms with Gasteiger partial charge in [0.25, 0.3) is 0 Å². The van der Waals surface area contributed by atoms with E-state index >= 15 is 0 Å². The molecule has 0 bridgehead atoms. The van der Waals surface area contributed by atoms with Crippen molar-refractivity contribution in [2.24, 2.45) is 0 Å². The van der Waals surface area contributed by atoms with E-state index in [1.54, 1.807) is 7.11 Å². The van der Waals surface area contributed by atoms with Gasteiger partial charge in [-0.15, -0.1) is 0 Å². The molecule has 0 aliphatic carbocycles. The van der Waals surface area contributed by atoms with E-state index < -0.39 is 0 Å². The predicted molar refractivity (Wildman–Crippen MR) is 117 cm³/mol. The average molecular weight is 377 g/mol. The van der Waals surface area contributed by atoms with Crippen LogP contribution in [0.15, 0.2) is 78.9 Å². The van der Waals surface area contributed by atoms with Crippen LogP contribution in [0.25, 0.3) is 38.9 Å². The maximum atomic E-state index is 5.34. The average Bonchev–Trinajstić information content (AvgIpc) is 3.28. The highest BCUT2D eigenvalue weighted by atomic mass is 16.5. The van der Waals surface area contributed by atoms with E-state index in [0.29, 0.717) is 0 Å². The van der Waals surface area contributed by atoms with E-state index in [1.165, 1.54) is 11.0 Å². The summed E-state index contributed by atoms with van der Waals surface area (Å²) in [5.74, 6) is 1.87. The van der Waals surface area contributed by atoms with E-state index in [9.17, 15) is 0 Å². The number of hydrogen-bond acceptors (Lipinski definition) is 2. The molecule has 5 aromatic rings. The van der Waals surface area contributed by atoms with Crippen LogP contribution in [0.5, 0.6) is 5.75 Å². The smallest absolute Gasteiger partial charge is 0.144 e. The Bertz CT molecular complexity index is 1400. The van der Waals surface area contributed by atoms with Gasteiger partial charge in [0.1, 0.15) is 11.6 Å². The van der Waals surface area contributed by atoms with Crippen molar-refractivity contribution in [3.8, 4) is 17.1 Å². The van der Waals surface area contributed by atoms with Crippen molar-refractivity contribution >= 4 is 27.5 Å². The molecular formula is C25H19N3O. The number of fused-ring (bicyclic) bond motifs is 7. The first kappa shape index (κ1) is 16.2. The summed E-state index contributed by atoms with van der Waals surface area (Å²) >= 11 is 0. The number of para-hydroxylation sites is 3. The number of hydrogen-bond donors (Lipinski definition) is 1. The van der Waals surface area contributed by atoms with Crippen LogP contribution in [0.3, 0.4) is 0 Å². The lowest BCUT2D eigenvalue weighted by molar-refractivity contribution is 0.415. The Labute approximate surface area is 168 Å². The SMILES string of the molecule is COc1ccc(C2=CCn3c(nc4ccccc43)-c3c2[nH]c2ccccc32)cc1. The normalized spacial score (nSPS) is 13.1. The Hall–Kier alpha value is -3.79. The lowest BCUT2D eigenvalue weighted by Gasteiger charge is -2.08. The monoisotopic (exact) mass is 377 g/mol. The molecule has 0 saturated carbocycles. The van der Waals surface area contributed by atoms with Crippen molar-refractivity contribution in [3.05, 3.63) is 90.1 Å². The molecule has 0 fully saturated rings. The number of aromatic nitrogens is 3. The molecule has 1 N–H and O–H groups in total. The van der Waals surface area contributed by atoms with Gasteiger partial charge in [0.2, 0.25) is 0 Å². The number of benzene rings is 3. The molecule has 0 atom stereocenters. The summed E-state index contributed by atoms with van der Waals surface area (Å²) < 4.78 is 7.65. The van der Waals surface area contributed by atoms with Gasteiger partial charge in [-0.3, -0.25) is 0 Å². The maximum Gasteiger partial charge on any atom is 0.144 e. The van der Waals surface area contributed by atoms with Gasteiger partial charge in [0.15, 0.2) is 0 Å². The first-order valence-electron chi connectivity index (χ1n) is 9.75. The molecule has 1 aliphatic rings. The maximum absolute atomic E-state index is 5.34. The Kier molecular flexibility index (Phi) is 3.41.